The van der Waals surface area contributed by atoms with Gasteiger partial charge in [0.25, 0.3) is 5.91 Å². The summed E-state index contributed by atoms with van der Waals surface area (Å²) in [5, 5.41) is 9.37. The number of aliphatic carboxylic acids is 1. The van der Waals surface area contributed by atoms with Crippen LogP contribution in [0.25, 0.3) is 0 Å². The van der Waals surface area contributed by atoms with Gasteiger partial charge in [-0.05, 0) is 49.6 Å². The van der Waals surface area contributed by atoms with Crippen molar-refractivity contribution >= 4 is 11.9 Å². The molecule has 3 rings (SSSR count). The van der Waals surface area contributed by atoms with E-state index in [2.05, 4.69) is 0 Å². The fourth-order valence-corrected chi connectivity index (χ4v) is 2.94. The Balaban J connectivity index is 0.00000126. The van der Waals surface area contributed by atoms with Crippen molar-refractivity contribution in [2.45, 2.75) is 46.3 Å². The van der Waals surface area contributed by atoms with E-state index in [1.165, 1.54) is 4.90 Å². The van der Waals surface area contributed by atoms with Gasteiger partial charge in [0.1, 0.15) is 17.9 Å². The minimum Gasteiger partial charge on any atom is -0.489 e. The summed E-state index contributed by atoms with van der Waals surface area (Å²) in [5.41, 5.74) is 1.29. The van der Waals surface area contributed by atoms with E-state index in [0.29, 0.717) is 30.9 Å². The molecule has 0 radical (unpaired) electrons. The van der Waals surface area contributed by atoms with Crippen molar-refractivity contribution in [1.29, 1.82) is 0 Å². The number of hydrogen-bond donors (Lipinski definition) is 1. The van der Waals surface area contributed by atoms with Crippen LogP contribution < -0.4 is 4.74 Å². The summed E-state index contributed by atoms with van der Waals surface area (Å²) in [6.45, 7) is 7.95. The second-order valence-corrected chi connectivity index (χ2v) is 6.66. The molecule has 0 unspecified atom stereocenters. The highest BCUT2D eigenvalue weighted by Gasteiger charge is 2.40. The van der Waals surface area contributed by atoms with Gasteiger partial charge in [0.15, 0.2) is 0 Å². The van der Waals surface area contributed by atoms with E-state index in [0.717, 1.165) is 11.1 Å². The molecule has 2 aromatic rings. The molecule has 0 saturated carbocycles. The molecule has 1 aliphatic rings. The summed E-state index contributed by atoms with van der Waals surface area (Å²) >= 11 is 0. The predicted octanol–water partition coefficient (Wildman–Crippen LogP) is 4.15. The number of carbonyl (C=O) groups excluding carboxylic acids is 1. The normalized spacial score (nSPS) is 13.3. The van der Waals surface area contributed by atoms with Gasteiger partial charge in [-0.1, -0.05) is 44.2 Å². The summed E-state index contributed by atoms with van der Waals surface area (Å²) < 4.78 is 5.81. The zero-order chi connectivity index (χ0) is 20.0. The number of fused-ring (bicyclic) bond motifs is 1. The molecule has 0 aliphatic carbocycles. The molecule has 2 aromatic carbocycles. The van der Waals surface area contributed by atoms with E-state index >= 15 is 0 Å². The molecule has 144 valence electrons. The maximum Gasteiger partial charge on any atom is 0.329 e. The summed E-state index contributed by atoms with van der Waals surface area (Å²) in [5.74, 6) is -0.545. The zero-order valence-corrected chi connectivity index (χ0v) is 16.4. The van der Waals surface area contributed by atoms with E-state index in [9.17, 15) is 14.7 Å². The molecule has 1 heterocycles. The lowest BCUT2D eigenvalue weighted by Crippen LogP contribution is -2.55. The third-order valence-electron chi connectivity index (χ3n) is 4.60. The van der Waals surface area contributed by atoms with Crippen LogP contribution >= 0.6 is 0 Å². The highest BCUT2D eigenvalue weighted by molar-refractivity contribution is 6.00. The second kappa shape index (κ2) is 8.71. The maximum atomic E-state index is 12.7. The number of ether oxygens (including phenoxy) is 1. The van der Waals surface area contributed by atoms with Crippen LogP contribution in [0.1, 0.15) is 49.2 Å². The maximum absolute atomic E-state index is 12.7. The largest absolute Gasteiger partial charge is 0.489 e. The van der Waals surface area contributed by atoms with Crippen LogP contribution in [0.5, 0.6) is 5.75 Å². The fraction of sp³-hybridized carbons (Fsp3) is 0.364. The Hall–Kier alpha value is -2.82. The molecular formula is C22H27NO4. The van der Waals surface area contributed by atoms with Gasteiger partial charge in [0.05, 0.1) is 0 Å². The number of hydrogen-bond acceptors (Lipinski definition) is 3. The lowest BCUT2D eigenvalue weighted by atomic mass is 9.93. The molecule has 1 amide bonds. The van der Waals surface area contributed by atoms with Crippen LogP contribution in [0.4, 0.5) is 0 Å². The van der Waals surface area contributed by atoms with Gasteiger partial charge in [-0.3, -0.25) is 4.79 Å². The molecular weight excluding hydrogens is 342 g/mol. The Bertz CT molecular complexity index is 799. The quantitative estimate of drug-likeness (QED) is 0.860. The monoisotopic (exact) mass is 369 g/mol. The van der Waals surface area contributed by atoms with Crippen LogP contribution in [-0.2, 0) is 17.8 Å². The number of nitrogens with zero attached hydrogens (tertiary/aromatic N) is 1. The number of carbonyl (C=O) groups is 2. The van der Waals surface area contributed by atoms with Gasteiger partial charge >= 0.3 is 5.97 Å². The first-order valence-corrected chi connectivity index (χ1v) is 9.24. The number of amides is 1. The van der Waals surface area contributed by atoms with Crippen molar-refractivity contribution in [2.24, 2.45) is 0 Å². The fourth-order valence-electron chi connectivity index (χ4n) is 2.94. The van der Waals surface area contributed by atoms with E-state index in [4.69, 9.17) is 4.74 Å². The van der Waals surface area contributed by atoms with Crippen LogP contribution in [0.15, 0.2) is 48.5 Å². The minimum atomic E-state index is -1.22. The van der Waals surface area contributed by atoms with Gasteiger partial charge in [-0.2, -0.15) is 0 Å². The lowest BCUT2D eigenvalue weighted by molar-refractivity contribution is -0.147. The Morgan fingerprint density at radius 3 is 2.44 bits per heavy atom. The van der Waals surface area contributed by atoms with E-state index < -0.39 is 11.5 Å². The SMILES string of the molecule is CC.CC(C)(C(=O)O)N1CCc2cc(OCc3ccccc3)ccc2C1=O. The minimum absolute atomic E-state index is 0.247. The van der Waals surface area contributed by atoms with Crippen LogP contribution in [0.2, 0.25) is 0 Å². The smallest absolute Gasteiger partial charge is 0.329 e. The first-order valence-electron chi connectivity index (χ1n) is 9.24. The lowest BCUT2D eigenvalue weighted by Gasteiger charge is -2.38. The van der Waals surface area contributed by atoms with Crippen molar-refractivity contribution in [2.75, 3.05) is 6.54 Å². The topological polar surface area (TPSA) is 66.8 Å². The standard InChI is InChI=1S/C20H21NO4.C2H6/c1-20(2,19(23)24)21-11-10-15-12-16(8-9-17(15)18(21)22)25-13-14-6-4-3-5-7-14;1-2/h3-9,12H,10-11,13H2,1-2H3,(H,23,24);1-2H3. The molecule has 27 heavy (non-hydrogen) atoms. The molecule has 0 aromatic heterocycles. The highest BCUT2D eigenvalue weighted by Crippen LogP contribution is 2.28. The third kappa shape index (κ3) is 4.48. The number of rotatable bonds is 5. The number of carboxylic acid groups (broad SMARTS) is 1. The van der Waals surface area contributed by atoms with Crippen molar-refractivity contribution < 1.29 is 19.4 Å². The van der Waals surface area contributed by atoms with Gasteiger partial charge in [-0.25, -0.2) is 4.79 Å². The number of carboxylic acids is 1. The predicted molar refractivity (Wildman–Crippen MR) is 105 cm³/mol. The van der Waals surface area contributed by atoms with Crippen molar-refractivity contribution in [1.82, 2.24) is 4.90 Å². The molecule has 5 nitrogen and oxygen atoms in total. The second-order valence-electron chi connectivity index (χ2n) is 6.66. The van der Waals surface area contributed by atoms with E-state index in [1.807, 2.05) is 50.2 Å². The molecule has 0 bridgehead atoms. The zero-order valence-electron chi connectivity index (χ0n) is 16.4. The first kappa shape index (κ1) is 20.5. The first-order chi connectivity index (χ1) is 12.9. The average molecular weight is 369 g/mol. The molecule has 5 heteroatoms. The van der Waals surface area contributed by atoms with Crippen molar-refractivity contribution in [3.8, 4) is 5.75 Å². The van der Waals surface area contributed by atoms with Gasteiger partial charge in [0, 0.05) is 12.1 Å². The Morgan fingerprint density at radius 1 is 1.15 bits per heavy atom. The molecule has 1 aliphatic heterocycles. The molecule has 0 fully saturated rings. The number of benzene rings is 2. The van der Waals surface area contributed by atoms with Gasteiger partial charge < -0.3 is 14.7 Å². The van der Waals surface area contributed by atoms with Crippen LogP contribution in [0, 0.1) is 0 Å². The van der Waals surface area contributed by atoms with Crippen molar-refractivity contribution in [3.63, 3.8) is 0 Å². The molecule has 1 N–H and O–H groups in total. The summed E-state index contributed by atoms with van der Waals surface area (Å²) in [6.07, 6.45) is 0.611. The Kier molecular flexibility index (Phi) is 6.61. The van der Waals surface area contributed by atoms with E-state index in [-0.39, 0.29) is 5.91 Å². The molecule has 0 saturated heterocycles. The summed E-state index contributed by atoms with van der Waals surface area (Å²) in [4.78, 5) is 25.5. The summed E-state index contributed by atoms with van der Waals surface area (Å²) in [6, 6.07) is 15.2. The average Bonchev–Trinajstić information content (AvgIpc) is 2.68. The van der Waals surface area contributed by atoms with Gasteiger partial charge in [-0.15, -0.1) is 0 Å². The molecule has 0 atom stereocenters. The van der Waals surface area contributed by atoms with E-state index in [1.54, 1.807) is 26.0 Å². The Morgan fingerprint density at radius 2 is 1.81 bits per heavy atom. The van der Waals surface area contributed by atoms with Crippen molar-refractivity contribution in [3.05, 3.63) is 65.2 Å². The van der Waals surface area contributed by atoms with Gasteiger partial charge in [0.2, 0.25) is 0 Å². The highest BCUT2D eigenvalue weighted by atomic mass is 16.5. The van der Waals surface area contributed by atoms with Crippen LogP contribution in [-0.4, -0.2) is 34.0 Å². The Labute approximate surface area is 160 Å². The van der Waals surface area contributed by atoms with Crippen LogP contribution in [0.3, 0.4) is 0 Å². The summed E-state index contributed by atoms with van der Waals surface area (Å²) in [7, 11) is 0. The molecule has 0 spiro atoms. The third-order valence-corrected chi connectivity index (χ3v) is 4.60.